The maximum Gasteiger partial charge on any atom is 0.248 e. The molecule has 3 N–H and O–H groups in total. The van der Waals surface area contributed by atoms with Crippen molar-refractivity contribution in [1.29, 1.82) is 0 Å². The largest absolute Gasteiger partial charge is 0.495 e. The van der Waals surface area contributed by atoms with Crippen LogP contribution in [0.4, 0.5) is 5.69 Å². The summed E-state index contributed by atoms with van der Waals surface area (Å²) in [5.74, 6) is 0.732. The fourth-order valence-electron chi connectivity index (χ4n) is 2.55. The SMILES string of the molecule is COc1ccc(C(N)=O)cc1NC(=O)CCc1ncc(-c2ccccc2)o1. The molecule has 7 nitrogen and oxygen atoms in total. The summed E-state index contributed by atoms with van der Waals surface area (Å²) in [5, 5.41) is 2.72. The number of ether oxygens (including phenoxy) is 1. The second-order valence-electron chi connectivity index (χ2n) is 5.81. The number of hydrogen-bond donors (Lipinski definition) is 2. The zero-order valence-corrected chi connectivity index (χ0v) is 14.8. The van der Waals surface area contributed by atoms with Crippen LogP contribution in [0, 0.1) is 0 Å². The molecule has 0 atom stereocenters. The van der Waals surface area contributed by atoms with Gasteiger partial charge < -0.3 is 20.2 Å². The molecule has 0 aliphatic carbocycles. The van der Waals surface area contributed by atoms with Crippen LogP contribution in [0.15, 0.2) is 59.1 Å². The summed E-state index contributed by atoms with van der Waals surface area (Å²) in [6.07, 6.45) is 2.15. The van der Waals surface area contributed by atoms with E-state index in [4.69, 9.17) is 14.9 Å². The number of aryl methyl sites for hydroxylation is 1. The van der Waals surface area contributed by atoms with Crippen LogP contribution in [-0.2, 0) is 11.2 Å². The van der Waals surface area contributed by atoms with Gasteiger partial charge in [-0.05, 0) is 18.2 Å². The lowest BCUT2D eigenvalue weighted by Crippen LogP contribution is -2.15. The third kappa shape index (κ3) is 4.52. The monoisotopic (exact) mass is 365 g/mol. The average Bonchev–Trinajstić information content (AvgIpc) is 3.16. The van der Waals surface area contributed by atoms with Crippen molar-refractivity contribution in [2.45, 2.75) is 12.8 Å². The molecule has 0 saturated heterocycles. The van der Waals surface area contributed by atoms with E-state index in [-0.39, 0.29) is 17.9 Å². The van der Waals surface area contributed by atoms with Crippen molar-refractivity contribution in [2.75, 3.05) is 12.4 Å². The van der Waals surface area contributed by atoms with Crippen LogP contribution in [0.2, 0.25) is 0 Å². The van der Waals surface area contributed by atoms with E-state index >= 15 is 0 Å². The van der Waals surface area contributed by atoms with Crippen molar-refractivity contribution >= 4 is 17.5 Å². The highest BCUT2D eigenvalue weighted by atomic mass is 16.5. The van der Waals surface area contributed by atoms with Crippen molar-refractivity contribution in [1.82, 2.24) is 4.98 Å². The molecule has 1 heterocycles. The Labute approximate surface area is 156 Å². The summed E-state index contributed by atoms with van der Waals surface area (Å²) in [5.41, 5.74) is 6.87. The molecular weight excluding hydrogens is 346 g/mol. The molecular formula is C20H19N3O4. The predicted octanol–water partition coefficient (Wildman–Crippen LogP) is 3.02. The fraction of sp³-hybridized carbons (Fsp3) is 0.150. The molecule has 0 saturated carbocycles. The fourth-order valence-corrected chi connectivity index (χ4v) is 2.55. The lowest BCUT2D eigenvalue weighted by Gasteiger charge is -2.11. The van der Waals surface area contributed by atoms with Crippen molar-refractivity contribution in [3.8, 4) is 17.1 Å². The molecule has 2 aromatic carbocycles. The van der Waals surface area contributed by atoms with Gasteiger partial charge in [-0.15, -0.1) is 0 Å². The third-order valence-corrected chi connectivity index (χ3v) is 3.94. The number of anilines is 1. The number of amides is 2. The number of rotatable bonds is 7. The Morgan fingerprint density at radius 1 is 1.19 bits per heavy atom. The van der Waals surface area contributed by atoms with Crippen LogP contribution in [0.5, 0.6) is 5.75 Å². The second-order valence-corrected chi connectivity index (χ2v) is 5.81. The van der Waals surface area contributed by atoms with Gasteiger partial charge in [0.15, 0.2) is 11.7 Å². The van der Waals surface area contributed by atoms with E-state index in [1.807, 2.05) is 30.3 Å². The molecule has 0 spiro atoms. The number of hydrogen-bond acceptors (Lipinski definition) is 5. The number of carbonyl (C=O) groups excluding carboxylic acids is 2. The first-order chi connectivity index (χ1) is 13.1. The molecule has 0 aliphatic rings. The van der Waals surface area contributed by atoms with Crippen molar-refractivity contribution in [3.63, 3.8) is 0 Å². The Balaban J connectivity index is 1.63. The molecule has 7 heteroatoms. The van der Waals surface area contributed by atoms with Gasteiger partial charge in [0.25, 0.3) is 0 Å². The van der Waals surface area contributed by atoms with E-state index < -0.39 is 5.91 Å². The number of benzene rings is 2. The van der Waals surface area contributed by atoms with Crippen molar-refractivity contribution < 1.29 is 18.7 Å². The molecule has 0 bridgehead atoms. The molecule has 0 radical (unpaired) electrons. The van der Waals surface area contributed by atoms with Gasteiger partial charge in [-0.3, -0.25) is 9.59 Å². The quantitative estimate of drug-likeness (QED) is 0.669. The summed E-state index contributed by atoms with van der Waals surface area (Å²) in [7, 11) is 1.48. The number of nitrogens with two attached hydrogens (primary N) is 1. The molecule has 0 fully saturated rings. The van der Waals surface area contributed by atoms with Crippen LogP contribution in [0.3, 0.4) is 0 Å². The van der Waals surface area contributed by atoms with Crippen LogP contribution >= 0.6 is 0 Å². The number of oxazole rings is 1. The number of carbonyl (C=O) groups is 2. The molecule has 0 unspecified atom stereocenters. The summed E-state index contributed by atoms with van der Waals surface area (Å²) >= 11 is 0. The average molecular weight is 365 g/mol. The van der Waals surface area contributed by atoms with Gasteiger partial charge in [-0.25, -0.2) is 4.98 Å². The molecule has 3 aromatic rings. The Morgan fingerprint density at radius 3 is 2.67 bits per heavy atom. The first-order valence-electron chi connectivity index (χ1n) is 8.34. The second kappa shape index (κ2) is 8.18. The number of nitrogens with zero attached hydrogens (tertiary/aromatic N) is 1. The maximum atomic E-state index is 12.3. The van der Waals surface area contributed by atoms with Gasteiger partial charge in [-0.2, -0.15) is 0 Å². The van der Waals surface area contributed by atoms with Gasteiger partial charge in [0, 0.05) is 24.0 Å². The Morgan fingerprint density at radius 2 is 1.96 bits per heavy atom. The minimum atomic E-state index is -0.582. The lowest BCUT2D eigenvalue weighted by atomic mass is 10.1. The molecule has 1 aromatic heterocycles. The zero-order chi connectivity index (χ0) is 19.2. The normalized spacial score (nSPS) is 10.4. The Kier molecular flexibility index (Phi) is 5.51. The highest BCUT2D eigenvalue weighted by molar-refractivity contribution is 5.97. The van der Waals surface area contributed by atoms with Crippen LogP contribution in [0.1, 0.15) is 22.7 Å². The van der Waals surface area contributed by atoms with E-state index in [1.165, 1.54) is 19.2 Å². The zero-order valence-electron chi connectivity index (χ0n) is 14.8. The first-order valence-corrected chi connectivity index (χ1v) is 8.34. The van der Waals surface area contributed by atoms with Crippen LogP contribution in [0.25, 0.3) is 11.3 Å². The van der Waals surface area contributed by atoms with Gasteiger partial charge >= 0.3 is 0 Å². The van der Waals surface area contributed by atoms with E-state index in [0.717, 1.165) is 5.56 Å². The Bertz CT molecular complexity index is 951. The molecule has 3 rings (SSSR count). The van der Waals surface area contributed by atoms with Crippen molar-refractivity contribution in [3.05, 3.63) is 66.2 Å². The van der Waals surface area contributed by atoms with E-state index in [2.05, 4.69) is 10.3 Å². The van der Waals surface area contributed by atoms with Crippen molar-refractivity contribution in [2.24, 2.45) is 5.73 Å². The lowest BCUT2D eigenvalue weighted by molar-refractivity contribution is -0.116. The summed E-state index contributed by atoms with van der Waals surface area (Å²) in [6.45, 7) is 0. The highest BCUT2D eigenvalue weighted by Crippen LogP contribution is 2.26. The summed E-state index contributed by atoms with van der Waals surface area (Å²) in [6, 6.07) is 14.2. The molecule has 0 aliphatic heterocycles. The number of methoxy groups -OCH3 is 1. The molecule has 138 valence electrons. The number of aromatic nitrogens is 1. The van der Waals surface area contributed by atoms with Gasteiger partial charge in [0.1, 0.15) is 5.75 Å². The smallest absolute Gasteiger partial charge is 0.248 e. The van der Waals surface area contributed by atoms with Gasteiger partial charge in [-0.1, -0.05) is 30.3 Å². The number of primary amides is 1. The summed E-state index contributed by atoms with van der Waals surface area (Å²) in [4.78, 5) is 27.8. The molecule has 2 amide bonds. The van der Waals surface area contributed by atoms with E-state index in [0.29, 0.717) is 29.5 Å². The Hall–Kier alpha value is -3.61. The third-order valence-electron chi connectivity index (χ3n) is 3.94. The van der Waals surface area contributed by atoms with Crippen LogP contribution < -0.4 is 15.8 Å². The minimum Gasteiger partial charge on any atom is -0.495 e. The standard InChI is InChI=1S/C20H19N3O4/c1-26-16-8-7-14(20(21)25)11-15(16)23-18(24)9-10-19-22-12-17(27-19)13-5-3-2-4-6-13/h2-8,11-12H,9-10H2,1H3,(H2,21,25)(H,23,24). The topological polar surface area (TPSA) is 107 Å². The van der Waals surface area contributed by atoms with Gasteiger partial charge in [0.2, 0.25) is 11.8 Å². The predicted molar refractivity (Wildman–Crippen MR) is 100 cm³/mol. The maximum absolute atomic E-state index is 12.3. The minimum absolute atomic E-state index is 0.165. The number of nitrogens with one attached hydrogen (secondary N) is 1. The summed E-state index contributed by atoms with van der Waals surface area (Å²) < 4.78 is 10.9. The van der Waals surface area contributed by atoms with E-state index in [9.17, 15) is 9.59 Å². The van der Waals surface area contributed by atoms with Crippen LogP contribution in [-0.4, -0.2) is 23.9 Å². The first kappa shape index (κ1) is 18.2. The van der Waals surface area contributed by atoms with E-state index in [1.54, 1.807) is 12.3 Å². The van der Waals surface area contributed by atoms with Gasteiger partial charge in [0.05, 0.1) is 19.0 Å². The molecule has 27 heavy (non-hydrogen) atoms. The highest BCUT2D eigenvalue weighted by Gasteiger charge is 2.13.